The van der Waals surface area contributed by atoms with Crippen LogP contribution < -0.4 is 16.4 Å². The molecule has 3 rings (SSSR count). The molecule has 0 bridgehead atoms. The van der Waals surface area contributed by atoms with Crippen molar-refractivity contribution in [2.45, 2.75) is 32.2 Å². The fourth-order valence-corrected chi connectivity index (χ4v) is 3.94. The van der Waals surface area contributed by atoms with E-state index in [0.717, 1.165) is 60.5 Å². The second-order valence-corrected chi connectivity index (χ2v) is 6.71. The number of nitrogens with zero attached hydrogens (tertiary/aromatic N) is 2. The predicted molar refractivity (Wildman–Crippen MR) is 89.8 cm³/mol. The Balaban J connectivity index is 2.14. The zero-order valence-corrected chi connectivity index (χ0v) is 13.3. The Kier molecular flexibility index (Phi) is 3.92. The maximum Gasteiger partial charge on any atom is 0.348 e. The molecule has 1 aliphatic rings. The highest BCUT2D eigenvalue weighted by atomic mass is 32.1. The largest absolute Gasteiger partial charge is 0.477 e. The molecule has 3 heterocycles. The van der Waals surface area contributed by atoms with Gasteiger partial charge in [-0.2, -0.15) is 0 Å². The molecule has 5 N–H and O–H groups in total. The molecule has 2 aromatic heterocycles. The number of nitrogen functional groups attached to an aromatic ring is 1. The zero-order valence-electron chi connectivity index (χ0n) is 12.5. The third-order valence-corrected chi connectivity index (χ3v) is 5.12. The summed E-state index contributed by atoms with van der Waals surface area (Å²) in [6.07, 6.45) is 2.78. The summed E-state index contributed by atoms with van der Waals surface area (Å²) in [7, 11) is 0. The summed E-state index contributed by atoms with van der Waals surface area (Å²) in [5.41, 5.74) is 13.4. The number of carbonyl (C=O) groups is 1. The molecule has 118 valence electrons. The van der Waals surface area contributed by atoms with E-state index >= 15 is 0 Å². The molecule has 1 fully saturated rings. The lowest BCUT2D eigenvalue weighted by molar-refractivity contribution is 0.0703. The average Bonchev–Trinajstić information content (AvgIpc) is 3.03. The number of rotatable bonds is 4. The number of aromatic nitrogens is 1. The number of fused-ring (bicyclic) bond motifs is 1. The number of anilines is 2. The van der Waals surface area contributed by atoms with Gasteiger partial charge in [-0.1, -0.05) is 13.3 Å². The van der Waals surface area contributed by atoms with Gasteiger partial charge in [0.1, 0.15) is 15.5 Å². The molecule has 6 nitrogen and oxygen atoms in total. The Morgan fingerprint density at radius 1 is 1.59 bits per heavy atom. The predicted octanol–water partition coefficient (Wildman–Crippen LogP) is 2.07. The number of aryl methyl sites for hydroxylation is 1. The minimum absolute atomic E-state index is 0.176. The number of nitrogens with two attached hydrogens (primary N) is 2. The van der Waals surface area contributed by atoms with Crippen molar-refractivity contribution >= 4 is 39.0 Å². The van der Waals surface area contributed by atoms with E-state index in [1.807, 2.05) is 6.07 Å². The molecule has 0 unspecified atom stereocenters. The summed E-state index contributed by atoms with van der Waals surface area (Å²) in [6.45, 7) is 3.77. The minimum Gasteiger partial charge on any atom is -0.477 e. The van der Waals surface area contributed by atoms with E-state index in [-0.39, 0.29) is 10.9 Å². The van der Waals surface area contributed by atoms with Gasteiger partial charge in [0.05, 0.1) is 5.69 Å². The molecule has 0 amide bonds. The van der Waals surface area contributed by atoms with Crippen LogP contribution in [0, 0.1) is 0 Å². The van der Waals surface area contributed by atoms with Gasteiger partial charge in [-0.05, 0) is 24.5 Å². The smallest absolute Gasteiger partial charge is 0.348 e. The van der Waals surface area contributed by atoms with Crippen LogP contribution in [0.25, 0.3) is 10.2 Å². The second kappa shape index (κ2) is 5.73. The third kappa shape index (κ3) is 2.50. The van der Waals surface area contributed by atoms with Crippen LogP contribution in [0.1, 0.15) is 35.0 Å². The van der Waals surface area contributed by atoms with Gasteiger partial charge >= 0.3 is 5.97 Å². The molecule has 1 atom stereocenters. The lowest BCUT2D eigenvalue weighted by atomic mass is 10.1. The number of carboxylic acids is 1. The molecule has 0 aliphatic carbocycles. The summed E-state index contributed by atoms with van der Waals surface area (Å²) in [5, 5.41) is 10.1. The molecule has 0 aromatic carbocycles. The molecule has 22 heavy (non-hydrogen) atoms. The lowest BCUT2D eigenvalue weighted by Gasteiger charge is -2.18. The summed E-state index contributed by atoms with van der Waals surface area (Å²) >= 11 is 1.15. The average molecular weight is 320 g/mol. The highest BCUT2D eigenvalue weighted by Crippen LogP contribution is 2.37. The molecule has 1 saturated heterocycles. The Morgan fingerprint density at radius 3 is 2.95 bits per heavy atom. The monoisotopic (exact) mass is 320 g/mol. The Bertz CT molecular complexity index is 728. The second-order valence-electron chi connectivity index (χ2n) is 5.71. The van der Waals surface area contributed by atoms with Crippen molar-refractivity contribution in [1.29, 1.82) is 0 Å². The highest BCUT2D eigenvalue weighted by Gasteiger charge is 2.24. The van der Waals surface area contributed by atoms with Gasteiger partial charge in [0.15, 0.2) is 0 Å². The van der Waals surface area contributed by atoms with Crippen LogP contribution in [0.15, 0.2) is 6.07 Å². The fourth-order valence-electron chi connectivity index (χ4n) is 2.97. The van der Waals surface area contributed by atoms with Crippen LogP contribution in [0.4, 0.5) is 11.5 Å². The Morgan fingerprint density at radius 2 is 2.36 bits per heavy atom. The molecule has 0 spiro atoms. The van der Waals surface area contributed by atoms with Crippen LogP contribution >= 0.6 is 11.3 Å². The van der Waals surface area contributed by atoms with Crippen molar-refractivity contribution < 1.29 is 9.90 Å². The summed E-state index contributed by atoms with van der Waals surface area (Å²) in [6, 6.07) is 2.22. The first-order valence-electron chi connectivity index (χ1n) is 7.47. The molecule has 1 aliphatic heterocycles. The highest BCUT2D eigenvalue weighted by molar-refractivity contribution is 7.21. The van der Waals surface area contributed by atoms with Crippen molar-refractivity contribution in [3.63, 3.8) is 0 Å². The van der Waals surface area contributed by atoms with E-state index in [4.69, 9.17) is 11.5 Å². The Labute approximate surface area is 132 Å². The van der Waals surface area contributed by atoms with Gasteiger partial charge < -0.3 is 21.5 Å². The number of hydrogen-bond acceptors (Lipinski definition) is 6. The van der Waals surface area contributed by atoms with Crippen molar-refractivity contribution in [1.82, 2.24) is 4.98 Å². The molecular formula is C15H20N4O2S. The van der Waals surface area contributed by atoms with Crippen molar-refractivity contribution in [2.24, 2.45) is 5.73 Å². The Hall–Kier alpha value is -1.86. The molecule has 2 aromatic rings. The van der Waals surface area contributed by atoms with Gasteiger partial charge in [-0.3, -0.25) is 0 Å². The van der Waals surface area contributed by atoms with Crippen LogP contribution in [-0.2, 0) is 6.42 Å². The maximum atomic E-state index is 11.3. The lowest BCUT2D eigenvalue weighted by Crippen LogP contribution is -2.26. The summed E-state index contributed by atoms with van der Waals surface area (Å²) in [5.74, 6) is -0.116. The van der Waals surface area contributed by atoms with Gasteiger partial charge in [0, 0.05) is 24.5 Å². The van der Waals surface area contributed by atoms with Crippen LogP contribution in [-0.4, -0.2) is 35.2 Å². The first kappa shape index (κ1) is 15.1. The summed E-state index contributed by atoms with van der Waals surface area (Å²) < 4.78 is 0. The number of pyridine rings is 1. The van der Waals surface area contributed by atoms with E-state index in [1.165, 1.54) is 0 Å². The van der Waals surface area contributed by atoms with E-state index in [9.17, 15) is 9.90 Å². The fraction of sp³-hybridized carbons (Fsp3) is 0.467. The van der Waals surface area contributed by atoms with Gasteiger partial charge in [-0.15, -0.1) is 11.3 Å². The quantitative estimate of drug-likeness (QED) is 0.796. The zero-order chi connectivity index (χ0) is 15.9. The first-order valence-corrected chi connectivity index (χ1v) is 8.28. The van der Waals surface area contributed by atoms with E-state index < -0.39 is 5.97 Å². The van der Waals surface area contributed by atoms with Gasteiger partial charge in [-0.25, -0.2) is 9.78 Å². The van der Waals surface area contributed by atoms with Gasteiger partial charge in [0.25, 0.3) is 0 Å². The molecule has 0 radical (unpaired) electrons. The number of thiophene rings is 1. The summed E-state index contributed by atoms with van der Waals surface area (Å²) in [4.78, 5) is 19.0. The van der Waals surface area contributed by atoms with E-state index in [2.05, 4.69) is 16.8 Å². The first-order chi connectivity index (χ1) is 10.5. The van der Waals surface area contributed by atoms with E-state index in [1.54, 1.807) is 0 Å². The van der Waals surface area contributed by atoms with E-state index in [0.29, 0.717) is 10.5 Å². The topological polar surface area (TPSA) is 105 Å². The number of carboxylic acid groups (broad SMARTS) is 1. The number of aromatic carboxylic acids is 1. The van der Waals surface area contributed by atoms with Crippen molar-refractivity contribution in [2.75, 3.05) is 23.7 Å². The standard InChI is InChI=1S/C15H20N4O2S/c1-2-3-8-6-10(19-5-4-9(16)7-19)18-14-11(8)12(17)13(22-14)15(20)21/h6,9H,2-5,7,16-17H2,1H3,(H,20,21)/t9-/m1/s1. The third-order valence-electron chi connectivity index (χ3n) is 4.03. The number of hydrogen-bond donors (Lipinski definition) is 3. The van der Waals surface area contributed by atoms with Crippen LogP contribution in [0.3, 0.4) is 0 Å². The van der Waals surface area contributed by atoms with Crippen LogP contribution in [0.2, 0.25) is 0 Å². The molecular weight excluding hydrogens is 300 g/mol. The maximum absolute atomic E-state index is 11.3. The molecule has 0 saturated carbocycles. The van der Waals surface area contributed by atoms with Crippen LogP contribution in [0.5, 0.6) is 0 Å². The normalized spacial score (nSPS) is 18.3. The van der Waals surface area contributed by atoms with Crippen molar-refractivity contribution in [3.05, 3.63) is 16.5 Å². The van der Waals surface area contributed by atoms with Gasteiger partial charge in [0.2, 0.25) is 0 Å². The molecule has 7 heteroatoms. The minimum atomic E-state index is -0.993. The van der Waals surface area contributed by atoms with Crippen molar-refractivity contribution in [3.8, 4) is 0 Å². The SMILES string of the molecule is CCCc1cc(N2CC[C@@H](N)C2)nc2sc(C(=O)O)c(N)c12.